The first-order chi connectivity index (χ1) is 11.1. The normalized spacial score (nSPS) is 10.9. The SMILES string of the molecule is CCNC(=NCc1cccc(OC)n1)N(C)Cc1cccn1C.I. The number of rotatable bonds is 6. The number of nitrogens with one attached hydrogen (secondary N) is 1. The maximum atomic E-state index is 5.15. The van der Waals surface area contributed by atoms with Crippen molar-refractivity contribution in [1.29, 1.82) is 0 Å². The number of pyridine rings is 1. The lowest BCUT2D eigenvalue weighted by Gasteiger charge is -2.22. The van der Waals surface area contributed by atoms with E-state index in [1.807, 2.05) is 44.6 Å². The lowest BCUT2D eigenvalue weighted by Crippen LogP contribution is -2.38. The van der Waals surface area contributed by atoms with E-state index in [-0.39, 0.29) is 24.0 Å². The molecule has 6 nitrogen and oxygen atoms in total. The van der Waals surface area contributed by atoms with E-state index < -0.39 is 0 Å². The number of aryl methyl sites for hydroxylation is 1. The molecule has 0 aliphatic rings. The summed E-state index contributed by atoms with van der Waals surface area (Å²) < 4.78 is 7.27. The van der Waals surface area contributed by atoms with Crippen molar-refractivity contribution >= 4 is 29.9 Å². The van der Waals surface area contributed by atoms with Crippen LogP contribution >= 0.6 is 24.0 Å². The van der Waals surface area contributed by atoms with E-state index in [9.17, 15) is 0 Å². The van der Waals surface area contributed by atoms with E-state index in [1.165, 1.54) is 5.69 Å². The fourth-order valence-electron chi connectivity index (χ4n) is 2.26. The predicted molar refractivity (Wildman–Crippen MR) is 108 cm³/mol. The zero-order chi connectivity index (χ0) is 16.7. The van der Waals surface area contributed by atoms with Crippen LogP contribution in [0.4, 0.5) is 0 Å². The molecule has 0 aliphatic carbocycles. The summed E-state index contributed by atoms with van der Waals surface area (Å²) in [7, 11) is 5.70. The van der Waals surface area contributed by atoms with E-state index in [0.29, 0.717) is 12.4 Å². The third kappa shape index (κ3) is 5.70. The molecule has 0 spiro atoms. The summed E-state index contributed by atoms with van der Waals surface area (Å²) in [5.41, 5.74) is 2.12. The Morgan fingerprint density at radius 3 is 2.75 bits per heavy atom. The minimum absolute atomic E-state index is 0. The van der Waals surface area contributed by atoms with Gasteiger partial charge in [-0.3, -0.25) is 0 Å². The van der Waals surface area contributed by atoms with Gasteiger partial charge in [-0.25, -0.2) is 9.98 Å². The van der Waals surface area contributed by atoms with Crippen LogP contribution in [0, 0.1) is 0 Å². The van der Waals surface area contributed by atoms with Crippen LogP contribution in [0.5, 0.6) is 5.88 Å². The molecule has 0 saturated carbocycles. The largest absolute Gasteiger partial charge is 0.481 e. The van der Waals surface area contributed by atoms with E-state index in [1.54, 1.807) is 7.11 Å². The number of aromatic nitrogens is 2. The minimum Gasteiger partial charge on any atom is -0.481 e. The zero-order valence-electron chi connectivity index (χ0n) is 14.7. The Bertz CT molecular complexity index is 656. The van der Waals surface area contributed by atoms with Gasteiger partial charge in [-0.1, -0.05) is 6.07 Å². The van der Waals surface area contributed by atoms with Gasteiger partial charge in [-0.15, -0.1) is 24.0 Å². The molecule has 0 amide bonds. The van der Waals surface area contributed by atoms with Crippen molar-refractivity contribution in [2.24, 2.45) is 12.0 Å². The molecule has 0 radical (unpaired) electrons. The summed E-state index contributed by atoms with van der Waals surface area (Å²) in [5.74, 6) is 1.47. The maximum absolute atomic E-state index is 5.15. The second-order valence-corrected chi connectivity index (χ2v) is 5.31. The molecular weight excluding hydrogens is 417 g/mol. The molecule has 7 heteroatoms. The van der Waals surface area contributed by atoms with Gasteiger partial charge in [0.2, 0.25) is 5.88 Å². The highest BCUT2D eigenvalue weighted by atomic mass is 127. The predicted octanol–water partition coefficient (Wildman–Crippen LogP) is 2.64. The van der Waals surface area contributed by atoms with Gasteiger partial charge in [0.25, 0.3) is 0 Å². The number of guanidine groups is 1. The van der Waals surface area contributed by atoms with Gasteiger partial charge < -0.3 is 19.5 Å². The molecule has 0 fully saturated rings. The van der Waals surface area contributed by atoms with Crippen LogP contribution in [0.2, 0.25) is 0 Å². The first kappa shape index (κ1) is 20.3. The Balaban J connectivity index is 0.00000288. The Labute approximate surface area is 161 Å². The van der Waals surface area contributed by atoms with E-state index >= 15 is 0 Å². The Hall–Kier alpha value is -1.77. The van der Waals surface area contributed by atoms with Crippen molar-refractivity contribution in [2.75, 3.05) is 20.7 Å². The summed E-state index contributed by atoms with van der Waals surface area (Å²) in [6.45, 7) is 4.19. The maximum Gasteiger partial charge on any atom is 0.213 e. The van der Waals surface area contributed by atoms with E-state index in [0.717, 1.165) is 24.7 Å². The van der Waals surface area contributed by atoms with Gasteiger partial charge in [0.05, 0.1) is 25.9 Å². The summed E-state index contributed by atoms with van der Waals surface area (Å²) >= 11 is 0. The fourth-order valence-corrected chi connectivity index (χ4v) is 2.26. The van der Waals surface area contributed by atoms with Crippen molar-refractivity contribution < 1.29 is 4.74 Å². The quantitative estimate of drug-likeness (QED) is 0.424. The van der Waals surface area contributed by atoms with Crippen LogP contribution in [0.15, 0.2) is 41.5 Å². The minimum atomic E-state index is 0. The second-order valence-electron chi connectivity index (χ2n) is 5.31. The van der Waals surface area contributed by atoms with Gasteiger partial charge >= 0.3 is 0 Å². The van der Waals surface area contributed by atoms with Crippen LogP contribution in [-0.4, -0.2) is 41.1 Å². The second kappa shape index (κ2) is 10.2. The smallest absolute Gasteiger partial charge is 0.213 e. The van der Waals surface area contributed by atoms with Crippen molar-refractivity contribution in [3.05, 3.63) is 47.9 Å². The van der Waals surface area contributed by atoms with Gasteiger partial charge in [-0.05, 0) is 25.1 Å². The molecule has 2 rings (SSSR count). The number of aliphatic imine (C=N–C) groups is 1. The van der Waals surface area contributed by atoms with Crippen LogP contribution in [0.3, 0.4) is 0 Å². The molecule has 24 heavy (non-hydrogen) atoms. The topological polar surface area (TPSA) is 54.7 Å². The van der Waals surface area contributed by atoms with Crippen LogP contribution in [0.1, 0.15) is 18.3 Å². The molecule has 1 N–H and O–H groups in total. The monoisotopic (exact) mass is 443 g/mol. The van der Waals surface area contributed by atoms with Crippen molar-refractivity contribution in [3.8, 4) is 5.88 Å². The van der Waals surface area contributed by atoms with Crippen LogP contribution in [0.25, 0.3) is 0 Å². The van der Waals surface area contributed by atoms with Crippen molar-refractivity contribution in [1.82, 2.24) is 19.8 Å². The molecule has 0 aliphatic heterocycles. The molecule has 2 aromatic heterocycles. The lowest BCUT2D eigenvalue weighted by molar-refractivity contribution is 0.396. The standard InChI is InChI=1S/C17H25N5O.HI/c1-5-18-17(22(3)13-15-9-7-11-21(15)2)19-12-14-8-6-10-16(20-14)23-4;/h6-11H,5,12-13H2,1-4H3,(H,18,19);1H. The molecule has 2 heterocycles. The van der Waals surface area contributed by atoms with Crippen molar-refractivity contribution in [3.63, 3.8) is 0 Å². The molecule has 2 aromatic rings. The highest BCUT2D eigenvalue weighted by Crippen LogP contribution is 2.08. The zero-order valence-corrected chi connectivity index (χ0v) is 17.0. The summed E-state index contributed by atoms with van der Waals surface area (Å²) in [5, 5.41) is 3.32. The first-order valence-corrected chi connectivity index (χ1v) is 7.73. The number of ether oxygens (including phenoxy) is 1. The highest BCUT2D eigenvalue weighted by molar-refractivity contribution is 14.0. The third-order valence-electron chi connectivity index (χ3n) is 3.53. The Morgan fingerprint density at radius 2 is 2.12 bits per heavy atom. The average Bonchev–Trinajstić information content (AvgIpc) is 2.96. The summed E-state index contributed by atoms with van der Waals surface area (Å²) in [4.78, 5) is 11.2. The van der Waals surface area contributed by atoms with Gasteiger partial charge in [-0.2, -0.15) is 0 Å². The first-order valence-electron chi connectivity index (χ1n) is 7.73. The molecule has 0 atom stereocenters. The van der Waals surface area contributed by atoms with E-state index in [4.69, 9.17) is 4.74 Å². The number of nitrogens with zero attached hydrogens (tertiary/aromatic N) is 4. The number of hydrogen-bond acceptors (Lipinski definition) is 3. The Morgan fingerprint density at radius 1 is 1.33 bits per heavy atom. The molecule has 132 valence electrons. The molecule has 0 unspecified atom stereocenters. The van der Waals surface area contributed by atoms with Gasteiger partial charge in [0.1, 0.15) is 0 Å². The van der Waals surface area contributed by atoms with Crippen molar-refractivity contribution in [2.45, 2.75) is 20.0 Å². The number of methoxy groups -OCH3 is 1. The highest BCUT2D eigenvalue weighted by Gasteiger charge is 2.08. The van der Waals surface area contributed by atoms with E-state index in [2.05, 4.69) is 37.8 Å². The van der Waals surface area contributed by atoms with Gasteiger partial charge in [0.15, 0.2) is 5.96 Å². The number of halogens is 1. The van der Waals surface area contributed by atoms with Crippen LogP contribution in [-0.2, 0) is 20.1 Å². The molecule has 0 bridgehead atoms. The fraction of sp³-hybridized carbons (Fsp3) is 0.412. The van der Waals surface area contributed by atoms with Gasteiger partial charge in [0, 0.05) is 38.6 Å². The average molecular weight is 443 g/mol. The summed E-state index contributed by atoms with van der Waals surface area (Å²) in [6, 6.07) is 9.88. The van der Waals surface area contributed by atoms with Crippen LogP contribution < -0.4 is 10.1 Å². The summed E-state index contributed by atoms with van der Waals surface area (Å²) in [6.07, 6.45) is 2.05. The number of hydrogen-bond donors (Lipinski definition) is 1. The lowest BCUT2D eigenvalue weighted by atomic mass is 10.3. The molecule has 0 saturated heterocycles. The third-order valence-corrected chi connectivity index (χ3v) is 3.53. The molecule has 0 aromatic carbocycles. The Kier molecular flexibility index (Phi) is 8.59. The molecular formula is C17H26IN5O.